The maximum absolute atomic E-state index is 13.1. The molecular weight excluding hydrogens is 362 g/mol. The molecule has 2 aromatic rings. The molecule has 0 aliphatic carbocycles. The molecule has 0 bridgehead atoms. The van der Waals surface area contributed by atoms with E-state index in [9.17, 15) is 13.6 Å². The van der Waals surface area contributed by atoms with Crippen LogP contribution in [0.1, 0.15) is 5.56 Å². The zero-order valence-corrected chi connectivity index (χ0v) is 14.9. The Labute approximate surface area is 155 Å². The molecule has 138 valence electrons. The quantitative estimate of drug-likeness (QED) is 0.797. The lowest BCUT2D eigenvalue weighted by molar-refractivity contribution is -0.135. The number of piperazine rings is 1. The lowest BCUT2D eigenvalue weighted by Crippen LogP contribution is -2.49. The van der Waals surface area contributed by atoms with Gasteiger partial charge in [0.1, 0.15) is 5.75 Å². The molecule has 1 saturated heterocycles. The summed E-state index contributed by atoms with van der Waals surface area (Å²) in [6.45, 7) is 3.35. The topological polar surface area (TPSA) is 32.8 Å². The molecule has 0 saturated carbocycles. The van der Waals surface area contributed by atoms with E-state index >= 15 is 0 Å². The SMILES string of the molecule is O=C(COc1ccc(F)c(F)c1)N1CCN(Cc2ccc(Cl)cc2)CC1. The number of hydrogen-bond acceptors (Lipinski definition) is 3. The zero-order chi connectivity index (χ0) is 18.5. The molecule has 26 heavy (non-hydrogen) atoms. The van der Waals surface area contributed by atoms with Gasteiger partial charge in [-0.25, -0.2) is 8.78 Å². The summed E-state index contributed by atoms with van der Waals surface area (Å²) in [5.41, 5.74) is 1.18. The molecule has 1 heterocycles. The van der Waals surface area contributed by atoms with Crippen LogP contribution in [0.2, 0.25) is 5.02 Å². The molecule has 0 aromatic heterocycles. The largest absolute Gasteiger partial charge is 0.484 e. The monoisotopic (exact) mass is 380 g/mol. The van der Waals surface area contributed by atoms with Gasteiger partial charge in [0, 0.05) is 43.8 Å². The molecule has 0 unspecified atom stereocenters. The Kier molecular flexibility index (Phi) is 6.06. The Balaban J connectivity index is 1.44. The average Bonchev–Trinajstić information content (AvgIpc) is 2.65. The maximum atomic E-state index is 13.1. The van der Waals surface area contributed by atoms with E-state index < -0.39 is 11.6 Å². The number of ether oxygens (including phenoxy) is 1. The summed E-state index contributed by atoms with van der Waals surface area (Å²) in [7, 11) is 0. The van der Waals surface area contributed by atoms with Crippen LogP contribution in [-0.4, -0.2) is 48.5 Å². The minimum Gasteiger partial charge on any atom is -0.484 e. The first-order valence-corrected chi connectivity index (χ1v) is 8.71. The molecule has 2 aromatic carbocycles. The third kappa shape index (κ3) is 4.93. The van der Waals surface area contributed by atoms with E-state index in [-0.39, 0.29) is 18.3 Å². The maximum Gasteiger partial charge on any atom is 0.260 e. The number of nitrogens with zero attached hydrogens (tertiary/aromatic N) is 2. The van der Waals surface area contributed by atoms with Crippen molar-refractivity contribution in [2.75, 3.05) is 32.8 Å². The van der Waals surface area contributed by atoms with Crippen molar-refractivity contribution in [1.29, 1.82) is 0 Å². The minimum absolute atomic E-state index is 0.138. The van der Waals surface area contributed by atoms with Crippen LogP contribution in [0.25, 0.3) is 0 Å². The number of carbonyl (C=O) groups excluding carboxylic acids is 1. The second kappa shape index (κ2) is 8.47. The van der Waals surface area contributed by atoms with Crippen molar-refractivity contribution in [2.45, 2.75) is 6.54 Å². The second-order valence-corrected chi connectivity index (χ2v) is 6.58. The van der Waals surface area contributed by atoms with Gasteiger partial charge in [0.25, 0.3) is 5.91 Å². The molecule has 1 aliphatic rings. The van der Waals surface area contributed by atoms with E-state index in [1.54, 1.807) is 4.90 Å². The van der Waals surface area contributed by atoms with Crippen LogP contribution in [0.3, 0.4) is 0 Å². The minimum atomic E-state index is -0.995. The van der Waals surface area contributed by atoms with Crippen molar-refractivity contribution in [3.05, 3.63) is 64.7 Å². The van der Waals surface area contributed by atoms with Crippen LogP contribution in [0, 0.1) is 11.6 Å². The Morgan fingerprint density at radius 1 is 1.00 bits per heavy atom. The predicted octanol–water partition coefficient (Wildman–Crippen LogP) is 3.34. The summed E-state index contributed by atoms with van der Waals surface area (Å²) in [6.07, 6.45) is 0. The van der Waals surface area contributed by atoms with Crippen LogP contribution in [0.15, 0.2) is 42.5 Å². The molecule has 1 aliphatic heterocycles. The van der Waals surface area contributed by atoms with Crippen LogP contribution in [0.5, 0.6) is 5.75 Å². The van der Waals surface area contributed by atoms with Gasteiger partial charge < -0.3 is 9.64 Å². The van der Waals surface area contributed by atoms with Crippen molar-refractivity contribution in [1.82, 2.24) is 9.80 Å². The summed E-state index contributed by atoms with van der Waals surface area (Å²) in [5, 5.41) is 0.713. The fraction of sp³-hybridized carbons (Fsp3) is 0.316. The first-order chi connectivity index (χ1) is 12.5. The predicted molar refractivity (Wildman–Crippen MR) is 95.2 cm³/mol. The van der Waals surface area contributed by atoms with Gasteiger partial charge in [0.2, 0.25) is 0 Å². The van der Waals surface area contributed by atoms with Gasteiger partial charge in [0.15, 0.2) is 18.2 Å². The fourth-order valence-electron chi connectivity index (χ4n) is 2.81. The summed E-state index contributed by atoms with van der Waals surface area (Å²) in [5.74, 6) is -1.97. The van der Waals surface area contributed by atoms with E-state index in [4.69, 9.17) is 16.3 Å². The highest BCUT2D eigenvalue weighted by Crippen LogP contribution is 2.16. The van der Waals surface area contributed by atoms with E-state index in [1.807, 2.05) is 24.3 Å². The van der Waals surface area contributed by atoms with Gasteiger partial charge in [-0.05, 0) is 29.8 Å². The highest BCUT2D eigenvalue weighted by Gasteiger charge is 2.21. The van der Waals surface area contributed by atoms with Crippen LogP contribution >= 0.6 is 11.6 Å². The van der Waals surface area contributed by atoms with E-state index in [2.05, 4.69) is 4.90 Å². The van der Waals surface area contributed by atoms with E-state index in [0.717, 1.165) is 31.8 Å². The van der Waals surface area contributed by atoms with Crippen molar-refractivity contribution < 1.29 is 18.3 Å². The Morgan fingerprint density at radius 3 is 2.35 bits per heavy atom. The van der Waals surface area contributed by atoms with E-state index in [0.29, 0.717) is 18.1 Å². The van der Waals surface area contributed by atoms with Crippen molar-refractivity contribution >= 4 is 17.5 Å². The number of rotatable bonds is 5. The summed E-state index contributed by atoms with van der Waals surface area (Å²) in [4.78, 5) is 16.2. The number of hydrogen-bond donors (Lipinski definition) is 0. The molecule has 1 amide bonds. The van der Waals surface area contributed by atoms with Gasteiger partial charge in [-0.15, -0.1) is 0 Å². The van der Waals surface area contributed by atoms with Crippen LogP contribution < -0.4 is 4.74 Å². The first kappa shape index (κ1) is 18.6. The Bertz CT molecular complexity index is 763. The van der Waals surface area contributed by atoms with E-state index in [1.165, 1.54) is 11.6 Å². The van der Waals surface area contributed by atoms with Crippen molar-refractivity contribution in [3.8, 4) is 5.75 Å². The number of benzene rings is 2. The number of carbonyl (C=O) groups is 1. The Hall–Kier alpha value is -2.18. The van der Waals surface area contributed by atoms with Gasteiger partial charge in [-0.1, -0.05) is 23.7 Å². The molecule has 3 rings (SSSR count). The Morgan fingerprint density at radius 2 is 1.69 bits per heavy atom. The molecular formula is C19H19ClF2N2O2. The standard InChI is InChI=1S/C19H19ClF2N2O2/c20-15-3-1-14(2-4-15)12-23-7-9-24(10-8-23)19(25)13-26-16-5-6-17(21)18(22)11-16/h1-6,11H,7-10,12-13H2. The zero-order valence-electron chi connectivity index (χ0n) is 14.1. The second-order valence-electron chi connectivity index (χ2n) is 6.15. The molecule has 7 heteroatoms. The smallest absolute Gasteiger partial charge is 0.260 e. The summed E-state index contributed by atoms with van der Waals surface area (Å²) >= 11 is 5.89. The number of halogens is 3. The van der Waals surface area contributed by atoms with Gasteiger partial charge in [0.05, 0.1) is 0 Å². The summed E-state index contributed by atoms with van der Waals surface area (Å²) < 4.78 is 31.3. The van der Waals surface area contributed by atoms with Crippen molar-refractivity contribution in [2.24, 2.45) is 0 Å². The third-order valence-corrected chi connectivity index (χ3v) is 4.55. The third-order valence-electron chi connectivity index (χ3n) is 4.30. The molecule has 0 radical (unpaired) electrons. The van der Waals surface area contributed by atoms with Gasteiger partial charge >= 0.3 is 0 Å². The fourth-order valence-corrected chi connectivity index (χ4v) is 2.93. The lowest BCUT2D eigenvalue weighted by atomic mass is 10.2. The van der Waals surface area contributed by atoms with Gasteiger partial charge in [-0.2, -0.15) is 0 Å². The molecule has 1 fully saturated rings. The van der Waals surface area contributed by atoms with Crippen molar-refractivity contribution in [3.63, 3.8) is 0 Å². The molecule has 0 N–H and O–H groups in total. The highest BCUT2D eigenvalue weighted by atomic mass is 35.5. The first-order valence-electron chi connectivity index (χ1n) is 8.34. The lowest BCUT2D eigenvalue weighted by Gasteiger charge is -2.34. The van der Waals surface area contributed by atoms with Crippen LogP contribution in [-0.2, 0) is 11.3 Å². The average molecular weight is 381 g/mol. The normalized spacial score (nSPS) is 15.1. The molecule has 4 nitrogen and oxygen atoms in total. The highest BCUT2D eigenvalue weighted by molar-refractivity contribution is 6.30. The van der Waals surface area contributed by atoms with Crippen LogP contribution in [0.4, 0.5) is 8.78 Å². The molecule has 0 atom stereocenters. The number of amides is 1. The molecule has 0 spiro atoms. The summed E-state index contributed by atoms with van der Waals surface area (Å²) in [6, 6.07) is 10.9. The van der Waals surface area contributed by atoms with Gasteiger partial charge in [-0.3, -0.25) is 9.69 Å².